The van der Waals surface area contributed by atoms with Gasteiger partial charge in [-0.1, -0.05) is 6.92 Å². The number of hydrogen-bond acceptors (Lipinski definition) is 2. The Hall–Kier alpha value is -0.290. The summed E-state index contributed by atoms with van der Waals surface area (Å²) in [6.07, 6.45) is -4.28. The molecule has 2 nitrogen and oxygen atoms in total. The zero-order valence-electron chi connectivity index (χ0n) is 8.66. The molecule has 0 aliphatic carbocycles. The van der Waals surface area contributed by atoms with Gasteiger partial charge in [-0.25, -0.2) is 0 Å². The van der Waals surface area contributed by atoms with E-state index >= 15 is 0 Å². The molecule has 1 atom stereocenters. The van der Waals surface area contributed by atoms with Crippen molar-refractivity contribution >= 4 is 0 Å². The molecule has 0 radical (unpaired) electrons. The van der Waals surface area contributed by atoms with Gasteiger partial charge >= 0.3 is 6.18 Å². The van der Waals surface area contributed by atoms with E-state index in [9.17, 15) is 13.2 Å². The predicted molar refractivity (Wildman–Crippen MR) is 47.1 cm³/mol. The number of halogens is 3. The van der Waals surface area contributed by atoms with Crippen molar-refractivity contribution in [1.82, 2.24) is 5.32 Å². The number of nitrogens with one attached hydrogen (secondary N) is 1. The summed E-state index contributed by atoms with van der Waals surface area (Å²) in [6.45, 7) is 5.02. The van der Waals surface area contributed by atoms with E-state index in [-0.39, 0.29) is 13.0 Å². The molecule has 1 aliphatic heterocycles. The molecule has 0 aromatic rings. The van der Waals surface area contributed by atoms with E-state index in [1.54, 1.807) is 20.8 Å². The van der Waals surface area contributed by atoms with E-state index in [1.807, 2.05) is 0 Å². The molecule has 1 rings (SSSR count). The van der Waals surface area contributed by atoms with E-state index in [4.69, 9.17) is 4.74 Å². The molecule has 0 aromatic heterocycles. The van der Waals surface area contributed by atoms with Crippen LogP contribution in [0.1, 0.15) is 27.2 Å². The van der Waals surface area contributed by atoms with Gasteiger partial charge in [-0.15, -0.1) is 0 Å². The van der Waals surface area contributed by atoms with Crippen molar-refractivity contribution in [2.24, 2.45) is 0 Å². The van der Waals surface area contributed by atoms with Gasteiger partial charge in [-0.2, -0.15) is 13.2 Å². The second-order valence-electron chi connectivity index (χ2n) is 4.34. The fourth-order valence-electron chi connectivity index (χ4n) is 1.88. The summed E-state index contributed by atoms with van der Waals surface area (Å²) in [4.78, 5) is 0. The minimum absolute atomic E-state index is 0.0304. The molecular formula is C9H16F3NO. The Labute approximate surface area is 81.8 Å². The smallest absolute Gasteiger partial charge is 0.373 e. The van der Waals surface area contributed by atoms with Gasteiger partial charge in [-0.05, 0) is 20.4 Å². The van der Waals surface area contributed by atoms with Crippen LogP contribution in [0.4, 0.5) is 13.2 Å². The summed E-state index contributed by atoms with van der Waals surface area (Å²) in [5.74, 6) is 0. The minimum Gasteiger partial charge on any atom is -0.373 e. The fourth-order valence-corrected chi connectivity index (χ4v) is 1.88. The Morgan fingerprint density at radius 3 is 2.21 bits per heavy atom. The molecule has 0 bridgehead atoms. The van der Waals surface area contributed by atoms with E-state index in [1.165, 1.54) is 0 Å². The quantitative estimate of drug-likeness (QED) is 0.755. The lowest BCUT2D eigenvalue weighted by Crippen LogP contribution is -2.57. The molecule has 0 aromatic carbocycles. The number of likely N-dealkylation sites (N-methyl/N-ethyl adjacent to an activating group) is 1. The molecule has 0 amide bonds. The van der Waals surface area contributed by atoms with E-state index in [0.29, 0.717) is 6.54 Å². The highest BCUT2D eigenvalue weighted by Gasteiger charge is 2.60. The summed E-state index contributed by atoms with van der Waals surface area (Å²) in [5.41, 5.74) is -2.55. The largest absolute Gasteiger partial charge is 0.408 e. The molecule has 1 fully saturated rings. The predicted octanol–water partition coefficient (Wildman–Crippen LogP) is 2.10. The maximum Gasteiger partial charge on any atom is 0.408 e. The minimum atomic E-state index is -4.25. The van der Waals surface area contributed by atoms with Gasteiger partial charge in [0.25, 0.3) is 0 Å². The van der Waals surface area contributed by atoms with Crippen LogP contribution in [0.25, 0.3) is 0 Å². The molecule has 1 aliphatic rings. The Bertz CT molecular complexity index is 215. The van der Waals surface area contributed by atoms with Crippen LogP contribution in [0, 0.1) is 0 Å². The molecule has 5 heteroatoms. The van der Waals surface area contributed by atoms with Crippen LogP contribution in [0.2, 0.25) is 0 Å². The van der Waals surface area contributed by atoms with Crippen molar-refractivity contribution in [3.05, 3.63) is 0 Å². The molecule has 1 unspecified atom stereocenters. The van der Waals surface area contributed by atoms with Crippen LogP contribution >= 0.6 is 0 Å². The first-order valence-electron chi connectivity index (χ1n) is 4.68. The van der Waals surface area contributed by atoms with Gasteiger partial charge < -0.3 is 10.1 Å². The number of ether oxygens (including phenoxy) is 1. The summed E-state index contributed by atoms with van der Waals surface area (Å²) in [6, 6.07) is 0. The third-order valence-electron chi connectivity index (χ3n) is 2.49. The van der Waals surface area contributed by atoms with Crippen LogP contribution < -0.4 is 5.32 Å². The van der Waals surface area contributed by atoms with E-state index in [2.05, 4.69) is 5.32 Å². The molecule has 0 saturated carbocycles. The van der Waals surface area contributed by atoms with Gasteiger partial charge in [0.2, 0.25) is 0 Å². The summed E-state index contributed by atoms with van der Waals surface area (Å²) >= 11 is 0. The van der Waals surface area contributed by atoms with Crippen LogP contribution in [-0.4, -0.2) is 30.5 Å². The monoisotopic (exact) mass is 211 g/mol. The summed E-state index contributed by atoms with van der Waals surface area (Å²) in [5, 5.41) is 2.50. The third kappa shape index (κ3) is 2.03. The molecule has 1 heterocycles. The van der Waals surface area contributed by atoms with Crippen molar-refractivity contribution in [2.75, 3.05) is 13.2 Å². The van der Waals surface area contributed by atoms with Crippen molar-refractivity contribution < 1.29 is 17.9 Å². The zero-order chi connectivity index (χ0) is 11.0. The van der Waals surface area contributed by atoms with Crippen LogP contribution in [-0.2, 0) is 4.74 Å². The third-order valence-corrected chi connectivity index (χ3v) is 2.49. The molecule has 14 heavy (non-hydrogen) atoms. The summed E-state index contributed by atoms with van der Waals surface area (Å²) < 4.78 is 43.6. The second-order valence-corrected chi connectivity index (χ2v) is 4.34. The van der Waals surface area contributed by atoms with Gasteiger partial charge in [0.1, 0.15) is 5.54 Å². The highest BCUT2D eigenvalue weighted by Crippen LogP contribution is 2.43. The first kappa shape index (κ1) is 11.8. The first-order chi connectivity index (χ1) is 6.22. The molecule has 1 N–H and O–H groups in total. The maximum absolute atomic E-state index is 12.8. The average Bonchev–Trinajstić information content (AvgIpc) is 2.27. The van der Waals surface area contributed by atoms with Gasteiger partial charge in [0, 0.05) is 6.42 Å². The lowest BCUT2D eigenvalue weighted by molar-refractivity contribution is -0.195. The highest BCUT2D eigenvalue weighted by molar-refractivity contribution is 5.04. The van der Waals surface area contributed by atoms with Crippen molar-refractivity contribution in [3.63, 3.8) is 0 Å². The number of rotatable bonds is 2. The normalized spacial score (nSPS) is 32.1. The Morgan fingerprint density at radius 1 is 1.36 bits per heavy atom. The van der Waals surface area contributed by atoms with Crippen molar-refractivity contribution in [1.29, 1.82) is 0 Å². The fraction of sp³-hybridized carbons (Fsp3) is 1.00. The van der Waals surface area contributed by atoms with Crippen LogP contribution in [0.5, 0.6) is 0 Å². The average molecular weight is 211 g/mol. The Kier molecular flexibility index (Phi) is 2.84. The van der Waals surface area contributed by atoms with Gasteiger partial charge in [0.05, 0.1) is 12.2 Å². The molecule has 0 spiro atoms. The first-order valence-corrected chi connectivity index (χ1v) is 4.68. The lowest BCUT2D eigenvalue weighted by Gasteiger charge is -2.31. The topological polar surface area (TPSA) is 21.3 Å². The highest BCUT2D eigenvalue weighted by atomic mass is 19.4. The summed E-state index contributed by atoms with van der Waals surface area (Å²) in [7, 11) is 0. The zero-order valence-corrected chi connectivity index (χ0v) is 8.66. The standard InChI is InChI=1S/C9H16F3NO/c1-4-13-8(9(10,11)12)5-7(2,3)14-6-8/h13H,4-6H2,1-3H3. The SMILES string of the molecule is CCNC1(C(F)(F)F)COC(C)(C)C1. The van der Waals surface area contributed by atoms with Gasteiger partial charge in [-0.3, -0.25) is 0 Å². The number of hydrogen-bond donors (Lipinski definition) is 1. The van der Waals surface area contributed by atoms with Gasteiger partial charge in [0.15, 0.2) is 0 Å². The molecular weight excluding hydrogens is 195 g/mol. The van der Waals surface area contributed by atoms with Crippen molar-refractivity contribution in [3.8, 4) is 0 Å². The van der Waals surface area contributed by atoms with Crippen molar-refractivity contribution in [2.45, 2.75) is 44.5 Å². The lowest BCUT2D eigenvalue weighted by atomic mass is 9.90. The van der Waals surface area contributed by atoms with E-state index in [0.717, 1.165) is 0 Å². The maximum atomic E-state index is 12.8. The Balaban J connectivity index is 2.86. The Morgan fingerprint density at radius 2 is 1.93 bits per heavy atom. The molecule has 84 valence electrons. The number of alkyl halides is 3. The van der Waals surface area contributed by atoms with Crippen LogP contribution in [0.15, 0.2) is 0 Å². The second kappa shape index (κ2) is 3.38. The van der Waals surface area contributed by atoms with E-state index < -0.39 is 17.3 Å². The van der Waals surface area contributed by atoms with Crippen LogP contribution in [0.3, 0.4) is 0 Å². The molecule has 1 saturated heterocycles.